The lowest BCUT2D eigenvalue weighted by atomic mass is 9.90. The predicted molar refractivity (Wildman–Crippen MR) is 123 cm³/mol. The van der Waals surface area contributed by atoms with Gasteiger partial charge in [0, 0.05) is 17.2 Å². The Hall–Kier alpha value is -3.19. The molecule has 0 N–H and O–H groups in total. The zero-order chi connectivity index (χ0) is 20.5. The average Bonchev–Trinajstić information content (AvgIpc) is 2.70. The summed E-state index contributed by atoms with van der Waals surface area (Å²) in [6, 6.07) is 26.3. The molecule has 0 radical (unpaired) electrons. The molecule has 0 bridgehead atoms. The third kappa shape index (κ3) is 3.61. The number of aromatic nitrogens is 1. The first-order valence-electron chi connectivity index (χ1n) is 10.2. The van der Waals surface area contributed by atoms with Gasteiger partial charge in [0.1, 0.15) is 7.05 Å². The highest BCUT2D eigenvalue weighted by Crippen LogP contribution is 2.34. The van der Waals surface area contributed by atoms with Crippen LogP contribution < -0.4 is 4.57 Å². The Bertz CT molecular complexity index is 1190. The van der Waals surface area contributed by atoms with E-state index in [0.29, 0.717) is 0 Å². The Morgan fingerprint density at radius 1 is 0.517 bits per heavy atom. The Balaban J connectivity index is 1.94. The summed E-state index contributed by atoms with van der Waals surface area (Å²) in [5.41, 5.74) is 12.9. The number of aryl methyl sites for hydroxylation is 5. The second kappa shape index (κ2) is 7.67. The van der Waals surface area contributed by atoms with E-state index < -0.39 is 0 Å². The molecular weight excluding hydrogens is 350 g/mol. The van der Waals surface area contributed by atoms with Crippen molar-refractivity contribution in [2.75, 3.05) is 0 Å². The number of hydrogen-bond donors (Lipinski definition) is 0. The van der Waals surface area contributed by atoms with Crippen molar-refractivity contribution in [3.8, 4) is 33.5 Å². The molecule has 0 aliphatic heterocycles. The molecule has 1 heteroatoms. The minimum atomic E-state index is 1.24. The van der Waals surface area contributed by atoms with Gasteiger partial charge in [-0.2, -0.15) is 0 Å². The van der Waals surface area contributed by atoms with Crippen molar-refractivity contribution in [3.05, 3.63) is 101 Å². The highest BCUT2D eigenvalue weighted by molar-refractivity contribution is 5.79. The molecule has 1 heterocycles. The standard InChI is InChI=1S/C28H28N/c1-19-11-9-10-14-24(19)26-16-27(21(3)15-20(26)2)28-17-25(22(4)18-29(28)5)23-12-7-6-8-13-23/h6-18H,1-5H3/q+1. The Kier molecular flexibility index (Phi) is 5.07. The molecule has 1 nitrogen and oxygen atoms in total. The van der Waals surface area contributed by atoms with Crippen LogP contribution in [-0.4, -0.2) is 0 Å². The largest absolute Gasteiger partial charge is 0.213 e. The fraction of sp³-hybridized carbons (Fsp3) is 0.179. The van der Waals surface area contributed by atoms with E-state index in [9.17, 15) is 0 Å². The normalized spacial score (nSPS) is 10.9. The van der Waals surface area contributed by atoms with E-state index in [4.69, 9.17) is 0 Å². The van der Waals surface area contributed by atoms with Crippen LogP contribution >= 0.6 is 0 Å². The summed E-state index contributed by atoms with van der Waals surface area (Å²) < 4.78 is 2.25. The predicted octanol–water partition coefficient (Wildman–Crippen LogP) is 6.75. The molecule has 144 valence electrons. The van der Waals surface area contributed by atoms with Gasteiger partial charge in [-0.15, -0.1) is 0 Å². The molecule has 0 atom stereocenters. The Morgan fingerprint density at radius 2 is 1.17 bits per heavy atom. The summed E-state index contributed by atoms with van der Waals surface area (Å²) in [7, 11) is 2.14. The third-order valence-electron chi connectivity index (χ3n) is 5.84. The lowest BCUT2D eigenvalue weighted by Crippen LogP contribution is -2.31. The SMILES string of the molecule is Cc1c[n+](C)c(-c2cc(-c3ccccc3C)c(C)cc2C)cc1-c1ccccc1. The fourth-order valence-electron chi connectivity index (χ4n) is 4.27. The minimum absolute atomic E-state index is 1.24. The summed E-state index contributed by atoms with van der Waals surface area (Å²) >= 11 is 0. The number of hydrogen-bond acceptors (Lipinski definition) is 0. The van der Waals surface area contributed by atoms with E-state index in [-0.39, 0.29) is 0 Å². The second-order valence-electron chi connectivity index (χ2n) is 8.03. The molecule has 0 fully saturated rings. The molecule has 4 rings (SSSR count). The van der Waals surface area contributed by atoms with E-state index in [1.165, 1.54) is 55.8 Å². The first-order valence-corrected chi connectivity index (χ1v) is 10.2. The van der Waals surface area contributed by atoms with E-state index in [0.717, 1.165) is 0 Å². The van der Waals surface area contributed by atoms with Gasteiger partial charge in [0.25, 0.3) is 0 Å². The molecule has 4 aromatic rings. The van der Waals surface area contributed by atoms with E-state index in [2.05, 4.69) is 118 Å². The van der Waals surface area contributed by atoms with E-state index >= 15 is 0 Å². The molecule has 0 aliphatic rings. The number of pyridine rings is 1. The van der Waals surface area contributed by atoms with Gasteiger partial charge in [-0.05, 0) is 72.7 Å². The van der Waals surface area contributed by atoms with Crippen molar-refractivity contribution in [1.82, 2.24) is 0 Å². The van der Waals surface area contributed by atoms with Gasteiger partial charge in [0.2, 0.25) is 5.69 Å². The van der Waals surface area contributed by atoms with Crippen LogP contribution in [0.3, 0.4) is 0 Å². The lowest BCUT2D eigenvalue weighted by Gasteiger charge is -2.15. The quantitative estimate of drug-likeness (QED) is 0.347. The van der Waals surface area contributed by atoms with E-state index in [1.807, 2.05) is 0 Å². The monoisotopic (exact) mass is 378 g/mol. The van der Waals surface area contributed by atoms with Crippen molar-refractivity contribution >= 4 is 0 Å². The van der Waals surface area contributed by atoms with Crippen molar-refractivity contribution in [2.45, 2.75) is 27.7 Å². The van der Waals surface area contributed by atoms with Gasteiger partial charge in [-0.25, -0.2) is 4.57 Å². The van der Waals surface area contributed by atoms with Crippen molar-refractivity contribution in [1.29, 1.82) is 0 Å². The molecule has 0 saturated heterocycles. The molecule has 1 aromatic heterocycles. The minimum Gasteiger partial charge on any atom is -0.201 e. The van der Waals surface area contributed by atoms with Crippen LogP contribution in [-0.2, 0) is 7.05 Å². The van der Waals surface area contributed by atoms with Crippen molar-refractivity contribution in [2.24, 2.45) is 7.05 Å². The highest BCUT2D eigenvalue weighted by Gasteiger charge is 2.19. The summed E-state index contributed by atoms with van der Waals surface area (Å²) in [6.45, 7) is 8.80. The lowest BCUT2D eigenvalue weighted by molar-refractivity contribution is -0.660. The third-order valence-corrected chi connectivity index (χ3v) is 5.84. The fourth-order valence-corrected chi connectivity index (χ4v) is 4.27. The van der Waals surface area contributed by atoms with Crippen LogP contribution in [0.4, 0.5) is 0 Å². The molecule has 3 aromatic carbocycles. The number of benzene rings is 3. The van der Waals surface area contributed by atoms with Crippen molar-refractivity contribution < 1.29 is 4.57 Å². The molecule has 29 heavy (non-hydrogen) atoms. The molecule has 0 unspecified atom stereocenters. The second-order valence-corrected chi connectivity index (χ2v) is 8.03. The summed E-state index contributed by atoms with van der Waals surface area (Å²) in [5.74, 6) is 0. The molecule has 0 spiro atoms. The molecule has 0 saturated carbocycles. The zero-order valence-corrected chi connectivity index (χ0v) is 18.0. The maximum Gasteiger partial charge on any atom is 0.213 e. The number of nitrogens with zero attached hydrogens (tertiary/aromatic N) is 1. The summed E-state index contributed by atoms with van der Waals surface area (Å²) in [4.78, 5) is 0. The van der Waals surface area contributed by atoms with Crippen LogP contribution in [0.15, 0.2) is 79.0 Å². The topological polar surface area (TPSA) is 3.88 Å². The maximum absolute atomic E-state index is 2.37. The maximum atomic E-state index is 2.37. The van der Waals surface area contributed by atoms with Gasteiger partial charge in [0.15, 0.2) is 6.20 Å². The van der Waals surface area contributed by atoms with Crippen LogP contribution in [0.1, 0.15) is 22.3 Å². The zero-order valence-electron chi connectivity index (χ0n) is 18.0. The van der Waals surface area contributed by atoms with Crippen LogP contribution in [0.25, 0.3) is 33.5 Å². The molecule has 0 amide bonds. The first kappa shape index (κ1) is 19.1. The molecular formula is C28H28N+. The van der Waals surface area contributed by atoms with Gasteiger partial charge < -0.3 is 0 Å². The van der Waals surface area contributed by atoms with Crippen LogP contribution in [0, 0.1) is 27.7 Å². The molecule has 0 aliphatic carbocycles. The van der Waals surface area contributed by atoms with Crippen LogP contribution in [0.2, 0.25) is 0 Å². The summed E-state index contributed by atoms with van der Waals surface area (Å²) in [5, 5.41) is 0. The van der Waals surface area contributed by atoms with Gasteiger partial charge in [-0.3, -0.25) is 0 Å². The number of rotatable bonds is 3. The Morgan fingerprint density at radius 3 is 1.90 bits per heavy atom. The summed E-state index contributed by atoms with van der Waals surface area (Å²) in [6.07, 6.45) is 2.24. The van der Waals surface area contributed by atoms with Gasteiger partial charge in [-0.1, -0.05) is 60.7 Å². The van der Waals surface area contributed by atoms with Gasteiger partial charge >= 0.3 is 0 Å². The van der Waals surface area contributed by atoms with Gasteiger partial charge in [0.05, 0.1) is 0 Å². The van der Waals surface area contributed by atoms with E-state index in [1.54, 1.807) is 0 Å². The average molecular weight is 379 g/mol. The highest BCUT2D eigenvalue weighted by atomic mass is 14.9. The van der Waals surface area contributed by atoms with Crippen LogP contribution in [0.5, 0.6) is 0 Å². The Labute approximate surface area is 174 Å². The smallest absolute Gasteiger partial charge is 0.201 e. The first-order chi connectivity index (χ1) is 14.0. The van der Waals surface area contributed by atoms with Crippen molar-refractivity contribution in [3.63, 3.8) is 0 Å².